The molecule has 130 valence electrons. The maximum atomic E-state index is 11.9. The van der Waals surface area contributed by atoms with Gasteiger partial charge in [0.15, 0.2) is 27.9 Å². The standard InChI is InChI=1S/C15H17NO7S/c17-14(16-10-5-6-24(19,20)9-10)8-22-15(18)13-7-21-11-3-1-2-4-12(11)23-13/h1-4,10,13H,5-9H2,(H,16,17)/t10-,13-/m1/s1. The van der Waals surface area contributed by atoms with E-state index in [0.717, 1.165) is 0 Å². The monoisotopic (exact) mass is 355 g/mol. The van der Waals surface area contributed by atoms with Crippen LogP contribution in [-0.4, -0.2) is 57.2 Å². The van der Waals surface area contributed by atoms with Gasteiger partial charge in [-0.1, -0.05) is 12.1 Å². The van der Waals surface area contributed by atoms with E-state index in [1.165, 1.54) is 0 Å². The Morgan fingerprint density at radius 2 is 2.00 bits per heavy atom. The molecular formula is C15H17NO7S. The molecule has 0 saturated carbocycles. The first-order valence-corrected chi connectivity index (χ1v) is 9.30. The van der Waals surface area contributed by atoms with E-state index in [9.17, 15) is 18.0 Å². The highest BCUT2D eigenvalue weighted by atomic mass is 32.2. The number of carbonyl (C=O) groups is 2. The average Bonchev–Trinajstić information content (AvgIpc) is 2.90. The summed E-state index contributed by atoms with van der Waals surface area (Å²) in [6.45, 7) is -0.491. The number of fused-ring (bicyclic) bond motifs is 1. The van der Waals surface area contributed by atoms with Crippen molar-refractivity contribution in [2.75, 3.05) is 24.7 Å². The highest BCUT2D eigenvalue weighted by Gasteiger charge is 2.31. The maximum absolute atomic E-state index is 11.9. The summed E-state index contributed by atoms with van der Waals surface area (Å²) in [5, 5.41) is 2.54. The zero-order valence-corrected chi connectivity index (χ0v) is 13.6. The first kappa shape index (κ1) is 16.6. The molecule has 2 heterocycles. The van der Waals surface area contributed by atoms with Crippen LogP contribution in [0.5, 0.6) is 11.5 Å². The van der Waals surface area contributed by atoms with Crippen LogP contribution in [0.2, 0.25) is 0 Å². The molecule has 1 saturated heterocycles. The molecule has 1 fully saturated rings. The van der Waals surface area contributed by atoms with Gasteiger partial charge in [-0.05, 0) is 18.6 Å². The second-order valence-electron chi connectivity index (χ2n) is 5.64. The summed E-state index contributed by atoms with van der Waals surface area (Å²) in [4.78, 5) is 23.7. The van der Waals surface area contributed by atoms with Crippen LogP contribution in [0.15, 0.2) is 24.3 Å². The van der Waals surface area contributed by atoms with Crippen molar-refractivity contribution in [2.24, 2.45) is 0 Å². The molecule has 2 aliphatic heterocycles. The molecule has 9 heteroatoms. The van der Waals surface area contributed by atoms with Crippen molar-refractivity contribution in [2.45, 2.75) is 18.6 Å². The van der Waals surface area contributed by atoms with Crippen molar-refractivity contribution in [3.8, 4) is 11.5 Å². The van der Waals surface area contributed by atoms with Crippen LogP contribution in [0.1, 0.15) is 6.42 Å². The topological polar surface area (TPSA) is 108 Å². The van der Waals surface area contributed by atoms with Gasteiger partial charge in [-0.15, -0.1) is 0 Å². The van der Waals surface area contributed by atoms with E-state index in [0.29, 0.717) is 17.9 Å². The van der Waals surface area contributed by atoms with E-state index in [2.05, 4.69) is 5.32 Å². The Bertz CT molecular complexity index is 746. The Kier molecular flexibility index (Phi) is 4.61. The predicted molar refractivity (Wildman–Crippen MR) is 82.5 cm³/mol. The van der Waals surface area contributed by atoms with E-state index in [1.807, 2.05) is 0 Å². The zero-order chi connectivity index (χ0) is 17.2. The third-order valence-electron chi connectivity index (χ3n) is 3.71. The van der Waals surface area contributed by atoms with E-state index in [-0.39, 0.29) is 18.1 Å². The molecule has 0 aromatic heterocycles. The number of hydrogen-bond donors (Lipinski definition) is 1. The fourth-order valence-corrected chi connectivity index (χ4v) is 4.22. The summed E-state index contributed by atoms with van der Waals surface area (Å²) in [5.74, 6) is -0.290. The summed E-state index contributed by atoms with van der Waals surface area (Å²) in [6.07, 6.45) is -0.571. The SMILES string of the molecule is O=C(COC(=O)[C@H]1COc2ccccc2O1)N[C@@H]1CCS(=O)(=O)C1. The van der Waals surface area contributed by atoms with Gasteiger partial charge in [0.05, 0.1) is 11.5 Å². The molecule has 1 amide bonds. The highest BCUT2D eigenvalue weighted by molar-refractivity contribution is 7.91. The number of sulfone groups is 1. The molecule has 1 aromatic carbocycles. The minimum Gasteiger partial charge on any atom is -0.485 e. The Morgan fingerprint density at radius 3 is 2.71 bits per heavy atom. The van der Waals surface area contributed by atoms with Gasteiger partial charge in [-0.2, -0.15) is 0 Å². The molecule has 2 atom stereocenters. The van der Waals surface area contributed by atoms with Crippen molar-refractivity contribution in [3.05, 3.63) is 24.3 Å². The summed E-state index contributed by atoms with van der Waals surface area (Å²) >= 11 is 0. The van der Waals surface area contributed by atoms with Crippen LogP contribution < -0.4 is 14.8 Å². The van der Waals surface area contributed by atoms with Crippen LogP contribution in [0.25, 0.3) is 0 Å². The van der Waals surface area contributed by atoms with Gasteiger partial charge in [0.1, 0.15) is 6.61 Å². The van der Waals surface area contributed by atoms with Crippen LogP contribution in [-0.2, 0) is 24.2 Å². The van der Waals surface area contributed by atoms with Crippen molar-refractivity contribution in [1.29, 1.82) is 0 Å². The number of para-hydroxylation sites is 2. The number of benzene rings is 1. The maximum Gasteiger partial charge on any atom is 0.351 e. The average molecular weight is 355 g/mol. The van der Waals surface area contributed by atoms with E-state index in [4.69, 9.17) is 14.2 Å². The molecule has 24 heavy (non-hydrogen) atoms. The number of ether oxygens (including phenoxy) is 3. The first-order chi connectivity index (χ1) is 11.4. The fraction of sp³-hybridized carbons (Fsp3) is 0.467. The molecule has 1 N–H and O–H groups in total. The van der Waals surface area contributed by atoms with Gasteiger partial charge in [-0.3, -0.25) is 4.79 Å². The molecule has 0 bridgehead atoms. The Balaban J connectivity index is 1.45. The van der Waals surface area contributed by atoms with Gasteiger partial charge < -0.3 is 19.5 Å². The van der Waals surface area contributed by atoms with E-state index in [1.54, 1.807) is 24.3 Å². The van der Waals surface area contributed by atoms with E-state index < -0.39 is 40.5 Å². The van der Waals surface area contributed by atoms with Crippen molar-refractivity contribution in [1.82, 2.24) is 5.32 Å². The van der Waals surface area contributed by atoms with Gasteiger partial charge in [0.2, 0.25) is 6.10 Å². The molecule has 0 radical (unpaired) electrons. The molecule has 0 spiro atoms. The molecule has 2 aliphatic rings. The first-order valence-electron chi connectivity index (χ1n) is 7.48. The van der Waals surface area contributed by atoms with Gasteiger partial charge in [0.25, 0.3) is 5.91 Å². The van der Waals surface area contributed by atoms with Crippen LogP contribution in [0, 0.1) is 0 Å². The third-order valence-corrected chi connectivity index (χ3v) is 5.48. The number of esters is 1. The Hall–Kier alpha value is -2.29. The lowest BCUT2D eigenvalue weighted by molar-refractivity contribution is -0.157. The van der Waals surface area contributed by atoms with Crippen LogP contribution in [0.4, 0.5) is 0 Å². The van der Waals surface area contributed by atoms with Crippen LogP contribution in [0.3, 0.4) is 0 Å². The lowest BCUT2D eigenvalue weighted by atomic mass is 10.2. The summed E-state index contributed by atoms with van der Waals surface area (Å²) in [6, 6.07) is 6.50. The van der Waals surface area contributed by atoms with Crippen LogP contribution >= 0.6 is 0 Å². The third kappa shape index (κ3) is 3.97. The minimum absolute atomic E-state index is 0.00165. The fourth-order valence-electron chi connectivity index (χ4n) is 2.54. The smallest absolute Gasteiger partial charge is 0.351 e. The number of carbonyl (C=O) groups excluding carboxylic acids is 2. The molecular weight excluding hydrogens is 338 g/mol. The van der Waals surface area contributed by atoms with Gasteiger partial charge >= 0.3 is 5.97 Å². The number of hydrogen-bond acceptors (Lipinski definition) is 7. The normalized spacial score (nSPS) is 24.2. The lowest BCUT2D eigenvalue weighted by Gasteiger charge is -2.24. The number of amides is 1. The predicted octanol–water partition coefficient (Wildman–Crippen LogP) is -0.327. The van der Waals surface area contributed by atoms with E-state index >= 15 is 0 Å². The Morgan fingerprint density at radius 1 is 1.25 bits per heavy atom. The second kappa shape index (κ2) is 6.68. The Labute approximate surface area is 139 Å². The second-order valence-corrected chi connectivity index (χ2v) is 7.87. The minimum atomic E-state index is -3.08. The summed E-state index contributed by atoms with van der Waals surface area (Å²) in [7, 11) is -3.08. The number of rotatable bonds is 4. The molecule has 8 nitrogen and oxygen atoms in total. The molecule has 0 unspecified atom stereocenters. The summed E-state index contributed by atoms with van der Waals surface area (Å²) < 4.78 is 38.5. The van der Waals surface area contributed by atoms with Gasteiger partial charge in [0, 0.05) is 6.04 Å². The quantitative estimate of drug-likeness (QED) is 0.737. The highest BCUT2D eigenvalue weighted by Crippen LogP contribution is 2.31. The zero-order valence-electron chi connectivity index (χ0n) is 12.8. The molecule has 3 rings (SSSR count). The van der Waals surface area contributed by atoms with Crippen molar-refractivity contribution >= 4 is 21.7 Å². The van der Waals surface area contributed by atoms with Crippen molar-refractivity contribution in [3.63, 3.8) is 0 Å². The largest absolute Gasteiger partial charge is 0.485 e. The summed E-state index contributed by atoms with van der Waals surface area (Å²) in [5.41, 5.74) is 0. The molecule has 0 aliphatic carbocycles. The molecule has 1 aromatic rings. The lowest BCUT2D eigenvalue weighted by Crippen LogP contribution is -2.41. The van der Waals surface area contributed by atoms with Gasteiger partial charge in [-0.25, -0.2) is 13.2 Å². The number of nitrogens with one attached hydrogen (secondary N) is 1. The van der Waals surface area contributed by atoms with Crippen molar-refractivity contribution < 1.29 is 32.2 Å².